The molecule has 37 heavy (non-hydrogen) atoms. The van der Waals surface area contributed by atoms with Gasteiger partial charge in [0, 0.05) is 23.6 Å². The summed E-state index contributed by atoms with van der Waals surface area (Å²) in [5.41, 5.74) is 3.24. The smallest absolute Gasteiger partial charge is 0.573 e. The minimum atomic E-state index is 0. The molecule has 1 saturated carbocycles. The van der Waals surface area contributed by atoms with E-state index in [4.69, 9.17) is 14.8 Å². The van der Waals surface area contributed by atoms with Crippen LogP contribution in [0.15, 0.2) is 70.6 Å². The quantitative estimate of drug-likeness (QED) is 0.165. The molecule has 1 fully saturated rings. The van der Waals surface area contributed by atoms with Gasteiger partial charge >= 0.3 is 19.5 Å². The minimum Gasteiger partial charge on any atom is -0.573 e. The largest absolute Gasteiger partial charge is 1.00 e. The Balaban J connectivity index is 0.00000124. The van der Waals surface area contributed by atoms with Gasteiger partial charge in [-0.3, -0.25) is 9.98 Å². The summed E-state index contributed by atoms with van der Waals surface area (Å²) in [5.74, 6) is 0.574. The van der Waals surface area contributed by atoms with Gasteiger partial charge in [0.1, 0.15) is 11.5 Å². The van der Waals surface area contributed by atoms with Crippen LogP contribution in [0.5, 0.6) is 11.5 Å². The van der Waals surface area contributed by atoms with Gasteiger partial charge in [0.05, 0.1) is 12.1 Å². The first-order valence-electron chi connectivity index (χ1n) is 12.2. The van der Waals surface area contributed by atoms with Crippen molar-refractivity contribution in [3.63, 3.8) is 0 Å². The van der Waals surface area contributed by atoms with Gasteiger partial charge in [0.25, 0.3) is 0 Å². The molecule has 0 heterocycles. The van der Waals surface area contributed by atoms with E-state index in [1.54, 1.807) is 0 Å². The second-order valence-electron chi connectivity index (χ2n) is 9.30. The maximum atomic E-state index is 10.7. The number of phenols is 2. The summed E-state index contributed by atoms with van der Waals surface area (Å²) in [5, 5.41) is 25.8. The summed E-state index contributed by atoms with van der Waals surface area (Å²) < 4.78 is 0. The molecule has 6 heteroatoms. The molecule has 0 bridgehead atoms. The van der Waals surface area contributed by atoms with Gasteiger partial charge in [-0.2, -0.15) is 0 Å². The summed E-state index contributed by atoms with van der Waals surface area (Å²) in [6.45, 7) is 8.39. The molecule has 2 N–H and O–H groups in total. The van der Waals surface area contributed by atoms with Crippen molar-refractivity contribution in [2.75, 3.05) is 0 Å². The molecule has 1 aliphatic carbocycles. The number of nitrogens with zero attached hydrogens (tertiary/aromatic N) is 2. The first-order chi connectivity index (χ1) is 17.5. The molecular formula is C31H30N2O3Ru. The van der Waals surface area contributed by atoms with Crippen LogP contribution in [0.4, 0.5) is 0 Å². The van der Waals surface area contributed by atoms with E-state index in [2.05, 4.69) is 18.9 Å². The Kier molecular flexibility index (Phi) is 9.71. The molecule has 0 amide bonds. The Bertz CT molecular complexity index is 1340. The van der Waals surface area contributed by atoms with E-state index in [0.29, 0.717) is 0 Å². The number of aryl methyl sites for hydroxylation is 2. The summed E-state index contributed by atoms with van der Waals surface area (Å²) in [6, 6.07) is 20.3. The average Bonchev–Trinajstić information content (AvgIpc) is 2.93. The predicted molar refractivity (Wildman–Crippen MR) is 148 cm³/mol. The molecule has 0 unspecified atom stereocenters. The van der Waals surface area contributed by atoms with Crippen molar-refractivity contribution in [1.82, 2.24) is 0 Å². The molecule has 5 nitrogen and oxygen atoms in total. The standard InChI is InChI=1S/C30H30N2O2.CO.Ru/c1-19-25-11-5-3-9-21(25)15-23(29(19)33)17-31-27-13-7-8-14-28(27)32-18-24-16-22-10-4-6-12-26(22)20(2)30(24)34;1-2;/h3-6,9-12,15-18,27-28,33-34H,7-8,13-14H2,1-2H3;;/q;-1;+1/t27-,28-;;/m1../s1. The first kappa shape index (κ1) is 28.2. The first-order valence-corrected chi connectivity index (χ1v) is 12.2. The second kappa shape index (κ2) is 12.7. The van der Waals surface area contributed by atoms with Crippen LogP contribution in [-0.2, 0) is 24.3 Å². The maximum Gasteiger partial charge on any atom is 1.00 e. The molecule has 2 atom stereocenters. The van der Waals surface area contributed by atoms with Crippen LogP contribution in [0.3, 0.4) is 0 Å². The number of hydrogen-bond donors (Lipinski definition) is 2. The van der Waals surface area contributed by atoms with E-state index in [9.17, 15) is 10.2 Å². The van der Waals surface area contributed by atoms with E-state index >= 15 is 0 Å². The third kappa shape index (κ3) is 5.97. The number of rotatable bonds is 4. The van der Waals surface area contributed by atoms with Crippen LogP contribution in [0, 0.1) is 13.8 Å². The number of hydrogen-bond acceptors (Lipinski definition) is 5. The zero-order valence-electron chi connectivity index (χ0n) is 21.0. The van der Waals surface area contributed by atoms with Crippen molar-refractivity contribution < 1.29 is 34.5 Å². The van der Waals surface area contributed by atoms with Gasteiger partial charge in [0.15, 0.2) is 0 Å². The van der Waals surface area contributed by atoms with E-state index in [1.165, 1.54) is 0 Å². The van der Waals surface area contributed by atoms with Crippen molar-refractivity contribution in [3.8, 4) is 11.5 Å². The van der Waals surface area contributed by atoms with Crippen molar-refractivity contribution in [1.29, 1.82) is 0 Å². The maximum absolute atomic E-state index is 10.7. The molecule has 4 aromatic carbocycles. The van der Waals surface area contributed by atoms with E-state index in [1.807, 2.05) is 74.8 Å². The fourth-order valence-electron chi connectivity index (χ4n) is 5.08. The fraction of sp³-hybridized carbons (Fsp3) is 0.258. The topological polar surface area (TPSA) is 82.2 Å². The monoisotopic (exact) mass is 580 g/mol. The van der Waals surface area contributed by atoms with Gasteiger partial charge < -0.3 is 21.8 Å². The van der Waals surface area contributed by atoms with Crippen molar-refractivity contribution in [3.05, 3.63) is 82.9 Å². The van der Waals surface area contributed by atoms with Crippen LogP contribution in [0.1, 0.15) is 47.9 Å². The van der Waals surface area contributed by atoms with Gasteiger partial charge in [0.2, 0.25) is 0 Å². The van der Waals surface area contributed by atoms with Gasteiger partial charge in [-0.05, 0) is 71.5 Å². The Morgan fingerprint density at radius 1 is 0.730 bits per heavy atom. The third-order valence-electron chi connectivity index (χ3n) is 7.11. The molecular weight excluding hydrogens is 549 g/mol. The van der Waals surface area contributed by atoms with Crippen molar-refractivity contribution in [2.45, 2.75) is 51.6 Å². The van der Waals surface area contributed by atoms with Crippen LogP contribution < -0.4 is 0 Å². The number of benzene rings is 4. The third-order valence-corrected chi connectivity index (χ3v) is 7.11. The number of carbonyl (C=O) groups excluding carboxylic acids is 1. The van der Waals surface area contributed by atoms with Crippen LogP contribution in [0.2, 0.25) is 0 Å². The predicted octanol–water partition coefficient (Wildman–Crippen LogP) is 6.47. The minimum absolute atomic E-state index is 0. The van der Waals surface area contributed by atoms with E-state index in [0.717, 1.165) is 69.5 Å². The summed E-state index contributed by atoms with van der Waals surface area (Å²) in [4.78, 5) is 17.3. The summed E-state index contributed by atoms with van der Waals surface area (Å²) in [6.07, 6.45) is 7.80. The van der Waals surface area contributed by atoms with E-state index in [-0.39, 0.29) is 43.1 Å². The van der Waals surface area contributed by atoms with Crippen molar-refractivity contribution >= 4 is 40.8 Å². The zero-order chi connectivity index (χ0) is 25.7. The summed E-state index contributed by atoms with van der Waals surface area (Å²) >= 11 is 0. The number of fused-ring (bicyclic) bond motifs is 2. The molecule has 0 saturated heterocycles. The molecule has 0 spiro atoms. The zero-order valence-corrected chi connectivity index (χ0v) is 22.7. The Morgan fingerprint density at radius 2 is 1.11 bits per heavy atom. The molecule has 1 aliphatic rings. The summed E-state index contributed by atoms with van der Waals surface area (Å²) in [7, 11) is 0. The Hall–Kier alpha value is -3.37. The van der Waals surface area contributed by atoms with Crippen LogP contribution >= 0.6 is 0 Å². The average molecular weight is 580 g/mol. The number of aromatic hydroxyl groups is 2. The van der Waals surface area contributed by atoms with Gasteiger partial charge in [-0.15, -0.1) is 0 Å². The molecule has 5 rings (SSSR count). The van der Waals surface area contributed by atoms with Gasteiger partial charge in [-0.1, -0.05) is 61.4 Å². The van der Waals surface area contributed by atoms with Gasteiger partial charge in [-0.25, -0.2) is 0 Å². The molecule has 190 valence electrons. The molecule has 2 radical (unpaired) electrons. The number of phenolic OH excluding ortho intramolecular Hbond substituents is 2. The van der Waals surface area contributed by atoms with Crippen molar-refractivity contribution in [2.24, 2.45) is 9.98 Å². The number of aliphatic imine (C=N–C) groups is 2. The Morgan fingerprint density at radius 3 is 1.51 bits per heavy atom. The van der Waals surface area contributed by atoms with Crippen LogP contribution in [0.25, 0.3) is 21.5 Å². The molecule has 0 aromatic heterocycles. The normalized spacial score (nSPS) is 17.6. The SMILES string of the molecule is Cc1c(O)c(C=N[C@@H]2CCCC[C@H]2N=Cc2cc3ccccc3c(C)c2O)cc2ccccc12.[C-]=O.[Ru+]. The molecule has 0 aliphatic heterocycles. The molecule has 4 aromatic rings. The Labute approximate surface area is 230 Å². The fourth-order valence-corrected chi connectivity index (χ4v) is 5.08. The second-order valence-corrected chi connectivity index (χ2v) is 9.30. The van der Waals surface area contributed by atoms with Crippen LogP contribution in [-0.4, -0.2) is 41.5 Å². The van der Waals surface area contributed by atoms with E-state index < -0.39 is 0 Å².